The molecule has 1 atom stereocenters. The third-order valence-corrected chi connectivity index (χ3v) is 3.60. The standard InChI is InChI=1S/C19H29N.C2H6/c1-3-4-10-17(2)11-8-15-19(20)16-9-14-18-12-6-5-7-13-18;1-2/h3-7,10,12-13,19H,8-9,11,14-16,20H2,1-2H3;1-2H3/b4-3-,17-10+;. The summed E-state index contributed by atoms with van der Waals surface area (Å²) < 4.78 is 0. The van der Waals surface area contributed by atoms with Crippen LogP contribution in [0.4, 0.5) is 0 Å². The highest BCUT2D eigenvalue weighted by Crippen LogP contribution is 2.12. The second kappa shape index (κ2) is 14.6. The second-order valence-corrected chi connectivity index (χ2v) is 5.57. The number of aryl methyl sites for hydroxylation is 1. The van der Waals surface area contributed by atoms with Crippen molar-refractivity contribution in [1.29, 1.82) is 0 Å². The maximum absolute atomic E-state index is 6.19. The van der Waals surface area contributed by atoms with Gasteiger partial charge in [0.25, 0.3) is 0 Å². The summed E-state index contributed by atoms with van der Waals surface area (Å²) in [5.41, 5.74) is 9.06. The number of hydrogen-bond acceptors (Lipinski definition) is 1. The first-order chi connectivity index (χ1) is 10.7. The molecule has 1 unspecified atom stereocenters. The van der Waals surface area contributed by atoms with E-state index in [4.69, 9.17) is 5.73 Å². The maximum atomic E-state index is 6.19. The molecule has 1 nitrogen and oxygen atoms in total. The Morgan fingerprint density at radius 2 is 1.73 bits per heavy atom. The molecule has 22 heavy (non-hydrogen) atoms. The zero-order chi connectivity index (χ0) is 16.6. The van der Waals surface area contributed by atoms with E-state index in [0.717, 1.165) is 25.7 Å². The monoisotopic (exact) mass is 301 g/mol. The molecule has 0 spiro atoms. The van der Waals surface area contributed by atoms with Crippen LogP contribution in [0.3, 0.4) is 0 Å². The van der Waals surface area contributed by atoms with E-state index >= 15 is 0 Å². The number of nitrogens with two attached hydrogens (primary N) is 1. The van der Waals surface area contributed by atoms with E-state index < -0.39 is 0 Å². The molecule has 0 radical (unpaired) electrons. The number of hydrogen-bond donors (Lipinski definition) is 1. The SMILES string of the molecule is C/C=C\C=C(/C)CCCC(N)CCCc1ccccc1.CC. The van der Waals surface area contributed by atoms with Crippen molar-refractivity contribution in [2.24, 2.45) is 5.73 Å². The molecule has 0 saturated carbocycles. The first-order valence-electron chi connectivity index (χ1n) is 8.80. The average Bonchev–Trinajstić information content (AvgIpc) is 2.56. The van der Waals surface area contributed by atoms with Gasteiger partial charge in [0.1, 0.15) is 0 Å². The predicted molar refractivity (Wildman–Crippen MR) is 101 cm³/mol. The molecular formula is C21H35N. The van der Waals surface area contributed by atoms with Crippen LogP contribution in [0.25, 0.3) is 0 Å². The first-order valence-corrected chi connectivity index (χ1v) is 8.80. The van der Waals surface area contributed by atoms with E-state index in [0.29, 0.717) is 6.04 Å². The van der Waals surface area contributed by atoms with E-state index in [1.807, 2.05) is 20.8 Å². The quantitative estimate of drug-likeness (QED) is 0.551. The topological polar surface area (TPSA) is 26.0 Å². The molecule has 0 aromatic heterocycles. The van der Waals surface area contributed by atoms with Crippen LogP contribution in [0.1, 0.15) is 65.4 Å². The Morgan fingerprint density at radius 1 is 1.09 bits per heavy atom. The van der Waals surface area contributed by atoms with Gasteiger partial charge in [0, 0.05) is 6.04 Å². The molecule has 1 aromatic carbocycles. The minimum Gasteiger partial charge on any atom is -0.328 e. The van der Waals surface area contributed by atoms with Crippen molar-refractivity contribution in [2.45, 2.75) is 72.3 Å². The summed E-state index contributed by atoms with van der Waals surface area (Å²) in [5.74, 6) is 0. The Bertz CT molecular complexity index is 403. The smallest absolute Gasteiger partial charge is 0.00390 e. The summed E-state index contributed by atoms with van der Waals surface area (Å²) >= 11 is 0. The van der Waals surface area contributed by atoms with Crippen molar-refractivity contribution in [1.82, 2.24) is 0 Å². The van der Waals surface area contributed by atoms with Gasteiger partial charge >= 0.3 is 0 Å². The van der Waals surface area contributed by atoms with Crippen LogP contribution < -0.4 is 5.73 Å². The Morgan fingerprint density at radius 3 is 2.36 bits per heavy atom. The van der Waals surface area contributed by atoms with Gasteiger partial charge in [0.05, 0.1) is 0 Å². The third-order valence-electron chi connectivity index (χ3n) is 3.60. The summed E-state index contributed by atoms with van der Waals surface area (Å²) in [6.07, 6.45) is 13.3. The lowest BCUT2D eigenvalue weighted by Crippen LogP contribution is -2.19. The summed E-state index contributed by atoms with van der Waals surface area (Å²) in [4.78, 5) is 0. The molecule has 0 aliphatic carbocycles. The number of rotatable bonds is 9. The Labute approximate surface area is 138 Å². The molecule has 1 rings (SSSR count). The molecule has 1 heteroatoms. The van der Waals surface area contributed by atoms with E-state index in [9.17, 15) is 0 Å². The van der Waals surface area contributed by atoms with Gasteiger partial charge in [0.15, 0.2) is 0 Å². The fraction of sp³-hybridized carbons (Fsp3) is 0.524. The van der Waals surface area contributed by atoms with E-state index in [1.54, 1.807) is 0 Å². The Kier molecular flexibility index (Phi) is 13.7. The van der Waals surface area contributed by atoms with Gasteiger partial charge in [-0.1, -0.05) is 68.0 Å². The second-order valence-electron chi connectivity index (χ2n) is 5.57. The van der Waals surface area contributed by atoms with Gasteiger partial charge in [-0.2, -0.15) is 0 Å². The van der Waals surface area contributed by atoms with E-state index in [1.165, 1.54) is 24.0 Å². The minimum absolute atomic E-state index is 0.355. The first kappa shape index (κ1) is 20.7. The van der Waals surface area contributed by atoms with Crippen molar-refractivity contribution in [2.75, 3.05) is 0 Å². The molecule has 1 aromatic rings. The van der Waals surface area contributed by atoms with Crippen LogP contribution in [-0.4, -0.2) is 6.04 Å². The van der Waals surface area contributed by atoms with Gasteiger partial charge < -0.3 is 5.73 Å². The molecule has 124 valence electrons. The molecule has 0 saturated heterocycles. The number of allylic oxidation sites excluding steroid dienone is 4. The minimum atomic E-state index is 0.355. The van der Waals surface area contributed by atoms with Gasteiger partial charge in [-0.25, -0.2) is 0 Å². The highest BCUT2D eigenvalue weighted by Gasteiger charge is 2.03. The molecule has 0 bridgehead atoms. The van der Waals surface area contributed by atoms with Crippen molar-refractivity contribution >= 4 is 0 Å². The molecule has 0 aliphatic rings. The molecule has 2 N–H and O–H groups in total. The van der Waals surface area contributed by atoms with Crippen LogP contribution >= 0.6 is 0 Å². The maximum Gasteiger partial charge on any atom is 0.00390 e. The third kappa shape index (κ3) is 11.3. The zero-order valence-electron chi connectivity index (χ0n) is 15.0. The lowest BCUT2D eigenvalue weighted by molar-refractivity contribution is 0.526. The molecule has 0 amide bonds. The molecular weight excluding hydrogens is 266 g/mol. The summed E-state index contributed by atoms with van der Waals surface area (Å²) in [7, 11) is 0. The van der Waals surface area contributed by atoms with Crippen LogP contribution in [0.5, 0.6) is 0 Å². The van der Waals surface area contributed by atoms with Gasteiger partial charge in [-0.05, 0) is 57.9 Å². The Balaban J connectivity index is 0.00000211. The summed E-state index contributed by atoms with van der Waals surface area (Å²) in [5, 5.41) is 0. The lowest BCUT2D eigenvalue weighted by Gasteiger charge is -2.11. The normalized spacial score (nSPS) is 12.9. The highest BCUT2D eigenvalue weighted by atomic mass is 14.6. The molecule has 0 fully saturated rings. The summed E-state index contributed by atoms with van der Waals surface area (Å²) in [6, 6.07) is 11.0. The Hall–Kier alpha value is -1.34. The van der Waals surface area contributed by atoms with E-state index in [-0.39, 0.29) is 0 Å². The fourth-order valence-electron chi connectivity index (χ4n) is 2.34. The van der Waals surface area contributed by atoms with Gasteiger partial charge in [-0.15, -0.1) is 0 Å². The van der Waals surface area contributed by atoms with Crippen molar-refractivity contribution < 1.29 is 0 Å². The van der Waals surface area contributed by atoms with Gasteiger partial charge in [0.2, 0.25) is 0 Å². The van der Waals surface area contributed by atoms with Crippen LogP contribution in [0.15, 0.2) is 54.1 Å². The van der Waals surface area contributed by atoms with Crippen molar-refractivity contribution in [3.05, 3.63) is 59.7 Å². The van der Waals surface area contributed by atoms with Crippen molar-refractivity contribution in [3.63, 3.8) is 0 Å². The molecule has 0 aliphatic heterocycles. The van der Waals surface area contributed by atoms with Crippen LogP contribution in [0, 0.1) is 0 Å². The highest BCUT2D eigenvalue weighted by molar-refractivity contribution is 5.14. The van der Waals surface area contributed by atoms with E-state index in [2.05, 4.69) is 55.5 Å². The average molecular weight is 302 g/mol. The zero-order valence-corrected chi connectivity index (χ0v) is 15.0. The summed E-state index contributed by atoms with van der Waals surface area (Å²) in [6.45, 7) is 8.24. The number of benzene rings is 1. The van der Waals surface area contributed by atoms with Crippen molar-refractivity contribution in [3.8, 4) is 0 Å². The van der Waals surface area contributed by atoms with Gasteiger partial charge in [-0.3, -0.25) is 0 Å². The lowest BCUT2D eigenvalue weighted by atomic mass is 10.00. The van der Waals surface area contributed by atoms with Crippen LogP contribution in [0.2, 0.25) is 0 Å². The largest absolute Gasteiger partial charge is 0.328 e. The molecule has 0 heterocycles. The van der Waals surface area contributed by atoms with Crippen LogP contribution in [-0.2, 0) is 6.42 Å². The predicted octanol–water partition coefficient (Wildman–Crippen LogP) is 6.06. The fourth-order valence-corrected chi connectivity index (χ4v) is 2.34.